The summed E-state index contributed by atoms with van der Waals surface area (Å²) in [4.78, 5) is 16.6. The molecule has 2 aromatic carbocycles. The fraction of sp³-hybridized carbons (Fsp3) is 0.292. The molecule has 1 N–H and O–H groups in total. The monoisotopic (exact) mass is 402 g/mol. The number of hydrogen-bond donors (Lipinski definition) is 1. The molecule has 1 aromatic heterocycles. The fourth-order valence-corrected chi connectivity index (χ4v) is 3.94. The molecule has 30 heavy (non-hydrogen) atoms. The van der Waals surface area contributed by atoms with Gasteiger partial charge >= 0.3 is 0 Å². The number of aromatic nitrogens is 3. The first kappa shape index (κ1) is 19.9. The average molecular weight is 402 g/mol. The second-order valence-corrected chi connectivity index (χ2v) is 7.87. The fourth-order valence-electron chi connectivity index (χ4n) is 3.94. The van der Waals surface area contributed by atoms with E-state index < -0.39 is 0 Å². The summed E-state index contributed by atoms with van der Waals surface area (Å²) in [7, 11) is 0. The standard InChI is InChI=1S/C24H26N4O2/c1-14-10-16(3)20(11-15(14)2)12-30-21-8-6-19(7-9-21)23-22(18(5)29)17(4)27-24-25-13-26-28(23)24/h6-11,13,23H,12H2,1-5H3,(H,25,26,27). The van der Waals surface area contributed by atoms with Crippen molar-refractivity contribution in [2.24, 2.45) is 0 Å². The number of rotatable bonds is 5. The molecule has 0 saturated heterocycles. The van der Waals surface area contributed by atoms with Gasteiger partial charge in [0.2, 0.25) is 5.95 Å². The van der Waals surface area contributed by atoms with E-state index in [0.717, 1.165) is 17.0 Å². The molecule has 2 heterocycles. The smallest absolute Gasteiger partial charge is 0.226 e. The number of carbonyl (C=O) groups is 1. The highest BCUT2D eigenvalue weighted by molar-refractivity contribution is 5.96. The van der Waals surface area contributed by atoms with Crippen LogP contribution in [0.4, 0.5) is 5.95 Å². The van der Waals surface area contributed by atoms with E-state index in [1.54, 1.807) is 11.6 Å². The van der Waals surface area contributed by atoms with Gasteiger partial charge in [-0.1, -0.05) is 24.3 Å². The van der Waals surface area contributed by atoms with Crippen molar-refractivity contribution in [2.75, 3.05) is 5.32 Å². The Morgan fingerprint density at radius 2 is 1.77 bits per heavy atom. The Bertz CT molecular complexity index is 1140. The van der Waals surface area contributed by atoms with Gasteiger partial charge in [0.25, 0.3) is 0 Å². The maximum atomic E-state index is 12.4. The van der Waals surface area contributed by atoms with Crippen LogP contribution in [0.3, 0.4) is 0 Å². The van der Waals surface area contributed by atoms with E-state index in [4.69, 9.17) is 4.74 Å². The van der Waals surface area contributed by atoms with Crippen LogP contribution in [-0.4, -0.2) is 20.5 Å². The lowest BCUT2D eigenvalue weighted by Crippen LogP contribution is -2.27. The highest BCUT2D eigenvalue weighted by atomic mass is 16.5. The summed E-state index contributed by atoms with van der Waals surface area (Å²) in [5.74, 6) is 1.43. The minimum absolute atomic E-state index is 0.0108. The third kappa shape index (κ3) is 3.61. The largest absolute Gasteiger partial charge is 0.489 e. The van der Waals surface area contributed by atoms with E-state index in [1.165, 1.54) is 28.6 Å². The SMILES string of the molecule is CC(=O)C1=C(C)Nc2ncnn2C1c1ccc(OCc2cc(C)c(C)cc2C)cc1. The zero-order valence-corrected chi connectivity index (χ0v) is 18.0. The van der Waals surface area contributed by atoms with E-state index in [-0.39, 0.29) is 11.8 Å². The van der Waals surface area contributed by atoms with Crippen LogP contribution in [0.2, 0.25) is 0 Å². The van der Waals surface area contributed by atoms with Crippen LogP contribution in [0.25, 0.3) is 0 Å². The summed E-state index contributed by atoms with van der Waals surface area (Å²) in [5, 5.41) is 7.49. The van der Waals surface area contributed by atoms with Gasteiger partial charge in [0, 0.05) is 11.3 Å². The molecule has 6 nitrogen and oxygen atoms in total. The third-order valence-corrected chi connectivity index (χ3v) is 5.72. The Balaban J connectivity index is 1.58. The number of carbonyl (C=O) groups excluding carboxylic acids is 1. The van der Waals surface area contributed by atoms with Crippen molar-refractivity contribution < 1.29 is 9.53 Å². The first-order chi connectivity index (χ1) is 14.3. The van der Waals surface area contributed by atoms with E-state index in [0.29, 0.717) is 18.1 Å². The van der Waals surface area contributed by atoms with Gasteiger partial charge < -0.3 is 10.1 Å². The van der Waals surface area contributed by atoms with Gasteiger partial charge in [0.05, 0.1) is 0 Å². The second kappa shape index (κ2) is 7.78. The number of anilines is 1. The van der Waals surface area contributed by atoms with Crippen molar-refractivity contribution in [1.82, 2.24) is 14.8 Å². The average Bonchev–Trinajstić information content (AvgIpc) is 3.17. The van der Waals surface area contributed by atoms with Gasteiger partial charge in [-0.05, 0) is 74.6 Å². The van der Waals surface area contributed by atoms with Crippen LogP contribution in [0.15, 0.2) is 54.0 Å². The minimum Gasteiger partial charge on any atom is -0.489 e. The number of nitrogens with zero attached hydrogens (tertiary/aromatic N) is 3. The summed E-state index contributed by atoms with van der Waals surface area (Å²) in [5.41, 5.74) is 7.43. The molecule has 1 unspecified atom stereocenters. The summed E-state index contributed by atoms with van der Waals surface area (Å²) in [6, 6.07) is 11.9. The molecular weight excluding hydrogens is 376 g/mol. The van der Waals surface area contributed by atoms with Crippen molar-refractivity contribution in [2.45, 2.75) is 47.3 Å². The highest BCUT2D eigenvalue weighted by Gasteiger charge is 2.31. The maximum Gasteiger partial charge on any atom is 0.226 e. The molecule has 0 saturated carbocycles. The Kier molecular flexibility index (Phi) is 5.16. The molecule has 0 spiro atoms. The molecule has 0 aliphatic carbocycles. The van der Waals surface area contributed by atoms with Gasteiger partial charge in [-0.2, -0.15) is 10.1 Å². The van der Waals surface area contributed by atoms with E-state index in [2.05, 4.69) is 48.3 Å². The lowest BCUT2D eigenvalue weighted by atomic mass is 9.93. The molecular formula is C24H26N4O2. The Morgan fingerprint density at radius 3 is 2.47 bits per heavy atom. The van der Waals surface area contributed by atoms with Crippen molar-refractivity contribution >= 4 is 11.7 Å². The van der Waals surface area contributed by atoms with Gasteiger partial charge in [0.1, 0.15) is 24.7 Å². The number of allylic oxidation sites excluding steroid dienone is 2. The quantitative estimate of drug-likeness (QED) is 0.672. The van der Waals surface area contributed by atoms with E-state index in [9.17, 15) is 4.79 Å². The molecule has 154 valence electrons. The van der Waals surface area contributed by atoms with E-state index in [1.807, 2.05) is 31.2 Å². The van der Waals surface area contributed by atoms with Crippen LogP contribution < -0.4 is 10.1 Å². The number of nitrogens with one attached hydrogen (secondary N) is 1. The second-order valence-electron chi connectivity index (χ2n) is 7.87. The molecule has 0 bridgehead atoms. The van der Waals surface area contributed by atoms with Crippen molar-refractivity contribution in [1.29, 1.82) is 0 Å². The first-order valence-corrected chi connectivity index (χ1v) is 10.0. The van der Waals surface area contributed by atoms with Gasteiger partial charge in [-0.3, -0.25) is 4.79 Å². The van der Waals surface area contributed by atoms with Gasteiger partial charge in [0.15, 0.2) is 5.78 Å². The number of ketones is 1. The lowest BCUT2D eigenvalue weighted by molar-refractivity contribution is -0.114. The minimum atomic E-state index is -0.308. The number of hydrogen-bond acceptors (Lipinski definition) is 5. The van der Waals surface area contributed by atoms with Crippen molar-refractivity contribution in [3.05, 3.63) is 81.8 Å². The molecule has 4 rings (SSSR count). The molecule has 0 fully saturated rings. The van der Waals surface area contributed by atoms with Crippen LogP contribution in [-0.2, 0) is 11.4 Å². The number of benzene rings is 2. The maximum absolute atomic E-state index is 12.4. The molecule has 1 aliphatic heterocycles. The number of ether oxygens (including phenoxy) is 1. The molecule has 3 aromatic rings. The molecule has 1 aliphatic rings. The van der Waals surface area contributed by atoms with Gasteiger partial charge in [-0.15, -0.1) is 0 Å². The zero-order chi connectivity index (χ0) is 21.4. The topological polar surface area (TPSA) is 69.0 Å². The number of aryl methyl sites for hydroxylation is 3. The Morgan fingerprint density at radius 1 is 1.07 bits per heavy atom. The Hall–Kier alpha value is -3.41. The van der Waals surface area contributed by atoms with Crippen LogP contribution in [0.5, 0.6) is 5.75 Å². The van der Waals surface area contributed by atoms with Crippen LogP contribution >= 0.6 is 0 Å². The van der Waals surface area contributed by atoms with Crippen molar-refractivity contribution in [3.8, 4) is 5.75 Å². The third-order valence-electron chi connectivity index (χ3n) is 5.72. The Labute approximate surface area is 176 Å². The molecule has 6 heteroatoms. The summed E-state index contributed by atoms with van der Waals surface area (Å²) in [6.45, 7) is 10.3. The van der Waals surface area contributed by atoms with E-state index >= 15 is 0 Å². The predicted octanol–water partition coefficient (Wildman–Crippen LogP) is 4.66. The predicted molar refractivity (Wildman–Crippen MR) is 117 cm³/mol. The zero-order valence-electron chi connectivity index (χ0n) is 18.0. The highest BCUT2D eigenvalue weighted by Crippen LogP contribution is 2.35. The molecule has 1 atom stereocenters. The number of fused-ring (bicyclic) bond motifs is 1. The van der Waals surface area contributed by atoms with Gasteiger partial charge in [-0.25, -0.2) is 4.68 Å². The van der Waals surface area contributed by atoms with Crippen LogP contribution in [0, 0.1) is 20.8 Å². The normalized spacial score (nSPS) is 15.6. The molecule has 0 amide bonds. The van der Waals surface area contributed by atoms with Crippen molar-refractivity contribution in [3.63, 3.8) is 0 Å². The summed E-state index contributed by atoms with van der Waals surface area (Å²) >= 11 is 0. The van der Waals surface area contributed by atoms with Crippen LogP contribution in [0.1, 0.15) is 47.7 Å². The lowest BCUT2D eigenvalue weighted by Gasteiger charge is -2.28. The first-order valence-electron chi connectivity index (χ1n) is 10.0. The summed E-state index contributed by atoms with van der Waals surface area (Å²) in [6.07, 6.45) is 1.50. The molecule has 0 radical (unpaired) electrons. The summed E-state index contributed by atoms with van der Waals surface area (Å²) < 4.78 is 7.78. The number of Topliss-reactive ketones (excluding diaryl/α,β-unsaturated/α-hetero) is 1.